The van der Waals surface area contributed by atoms with E-state index in [9.17, 15) is 27.2 Å². The summed E-state index contributed by atoms with van der Waals surface area (Å²) in [5.41, 5.74) is -1.07. The van der Waals surface area contributed by atoms with E-state index in [4.69, 9.17) is 27.9 Å². The summed E-state index contributed by atoms with van der Waals surface area (Å²) in [5, 5.41) is 4.45. The molecule has 0 unspecified atom stereocenters. The molecule has 12 heteroatoms. The summed E-state index contributed by atoms with van der Waals surface area (Å²) in [7, 11) is 0. The molecule has 0 atom stereocenters. The Balaban J connectivity index is 1.65. The van der Waals surface area contributed by atoms with Crippen molar-refractivity contribution in [2.24, 2.45) is 0 Å². The van der Waals surface area contributed by atoms with E-state index < -0.39 is 35.2 Å². The minimum Gasteiger partial charge on any atom is -0.436 e. The number of nitrogens with one attached hydrogen (secondary N) is 2. The molecule has 0 saturated heterocycles. The number of urea groups is 1. The summed E-state index contributed by atoms with van der Waals surface area (Å²) in [5.74, 6) is -2.76. The minimum absolute atomic E-state index is 0.0489. The third-order valence-corrected chi connectivity index (χ3v) is 4.51. The average Bonchev–Trinajstić information content (AvgIpc) is 2.70. The molecule has 0 fully saturated rings. The number of imide groups is 1. The highest BCUT2D eigenvalue weighted by Gasteiger charge is 2.31. The number of carbonyl (C=O) groups excluding carboxylic acids is 2. The van der Waals surface area contributed by atoms with Gasteiger partial charge in [-0.3, -0.25) is 10.1 Å². The number of halogens is 6. The fourth-order valence-electron chi connectivity index (χ4n) is 2.43. The average molecular weight is 488 g/mol. The number of carbonyl (C=O) groups is 2. The van der Waals surface area contributed by atoms with Gasteiger partial charge in [-0.15, -0.1) is 0 Å². The highest BCUT2D eigenvalue weighted by atomic mass is 35.5. The first-order chi connectivity index (χ1) is 15.0. The summed E-state index contributed by atoms with van der Waals surface area (Å²) in [4.78, 5) is 28.0. The zero-order valence-corrected chi connectivity index (χ0v) is 17.1. The van der Waals surface area contributed by atoms with Crippen molar-refractivity contribution in [3.05, 3.63) is 81.7 Å². The van der Waals surface area contributed by atoms with Crippen molar-refractivity contribution in [3.63, 3.8) is 0 Å². The van der Waals surface area contributed by atoms with Crippen molar-refractivity contribution in [3.8, 4) is 11.6 Å². The predicted molar refractivity (Wildman–Crippen MR) is 109 cm³/mol. The molecule has 0 bridgehead atoms. The van der Waals surface area contributed by atoms with Gasteiger partial charge in [-0.2, -0.15) is 13.2 Å². The molecule has 3 aromatic rings. The molecular formula is C20H11Cl2F4N3O3. The van der Waals surface area contributed by atoms with Crippen LogP contribution < -0.4 is 15.4 Å². The van der Waals surface area contributed by atoms with Gasteiger partial charge in [0.05, 0.1) is 33.1 Å². The Bertz CT molecular complexity index is 1150. The molecule has 6 nitrogen and oxygen atoms in total. The number of rotatable bonds is 4. The van der Waals surface area contributed by atoms with Crippen LogP contribution in [0.15, 0.2) is 54.7 Å². The van der Waals surface area contributed by atoms with Crippen molar-refractivity contribution < 1.29 is 31.9 Å². The highest BCUT2D eigenvalue weighted by Crippen LogP contribution is 2.34. The molecule has 3 rings (SSSR count). The smallest absolute Gasteiger partial charge is 0.416 e. The first-order valence-corrected chi connectivity index (χ1v) is 9.37. The van der Waals surface area contributed by atoms with Gasteiger partial charge in [-0.25, -0.2) is 14.2 Å². The highest BCUT2D eigenvalue weighted by molar-refractivity contribution is 6.40. The van der Waals surface area contributed by atoms with Gasteiger partial charge in [0, 0.05) is 6.07 Å². The molecule has 0 aliphatic carbocycles. The van der Waals surface area contributed by atoms with Crippen molar-refractivity contribution >= 4 is 40.8 Å². The van der Waals surface area contributed by atoms with E-state index in [0.717, 1.165) is 6.20 Å². The fourth-order valence-corrected chi connectivity index (χ4v) is 3.00. The Morgan fingerprint density at radius 1 is 1.00 bits per heavy atom. The first kappa shape index (κ1) is 23.3. The van der Waals surface area contributed by atoms with E-state index in [0.29, 0.717) is 18.2 Å². The van der Waals surface area contributed by atoms with Crippen LogP contribution in [-0.4, -0.2) is 16.9 Å². The summed E-state index contributed by atoms with van der Waals surface area (Å²) < 4.78 is 57.2. The van der Waals surface area contributed by atoms with Crippen LogP contribution in [0, 0.1) is 5.82 Å². The van der Waals surface area contributed by atoms with Gasteiger partial charge in [0.1, 0.15) is 0 Å². The molecule has 2 aromatic carbocycles. The third kappa shape index (κ3) is 5.65. The van der Waals surface area contributed by atoms with Crippen LogP contribution in [0.2, 0.25) is 10.0 Å². The number of benzene rings is 2. The molecule has 0 radical (unpaired) electrons. The monoisotopic (exact) mass is 487 g/mol. The second kappa shape index (κ2) is 9.41. The second-order valence-electron chi connectivity index (χ2n) is 6.14. The van der Waals surface area contributed by atoms with Crippen molar-refractivity contribution in [2.75, 3.05) is 5.32 Å². The summed E-state index contributed by atoms with van der Waals surface area (Å²) in [6, 6.07) is 7.63. The number of hydrogen-bond acceptors (Lipinski definition) is 4. The van der Waals surface area contributed by atoms with Crippen LogP contribution in [0.4, 0.5) is 28.0 Å². The lowest BCUT2D eigenvalue weighted by Gasteiger charge is -2.11. The van der Waals surface area contributed by atoms with E-state index in [1.54, 1.807) is 0 Å². The zero-order valence-electron chi connectivity index (χ0n) is 15.6. The number of anilines is 1. The number of pyridine rings is 1. The van der Waals surface area contributed by atoms with E-state index in [1.165, 1.54) is 30.3 Å². The Labute approximate surface area is 188 Å². The number of ether oxygens (including phenoxy) is 1. The largest absolute Gasteiger partial charge is 0.436 e. The van der Waals surface area contributed by atoms with Crippen LogP contribution in [0.5, 0.6) is 11.6 Å². The Hall–Kier alpha value is -3.37. The normalized spacial score (nSPS) is 11.1. The van der Waals surface area contributed by atoms with Crippen LogP contribution in [-0.2, 0) is 6.18 Å². The summed E-state index contributed by atoms with van der Waals surface area (Å²) in [6.07, 6.45) is -3.58. The fraction of sp³-hybridized carbons (Fsp3) is 0.0500. The molecule has 32 heavy (non-hydrogen) atoms. The molecule has 2 N–H and O–H groups in total. The van der Waals surface area contributed by atoms with Crippen LogP contribution >= 0.6 is 23.2 Å². The van der Waals surface area contributed by atoms with Gasteiger partial charge in [0.25, 0.3) is 5.91 Å². The first-order valence-electron chi connectivity index (χ1n) is 8.61. The maximum absolute atomic E-state index is 13.8. The van der Waals surface area contributed by atoms with E-state index in [2.05, 4.69) is 10.3 Å². The topological polar surface area (TPSA) is 80.3 Å². The van der Waals surface area contributed by atoms with E-state index >= 15 is 0 Å². The third-order valence-electron chi connectivity index (χ3n) is 3.88. The molecule has 166 valence electrons. The van der Waals surface area contributed by atoms with Gasteiger partial charge in [0.2, 0.25) is 5.88 Å². The number of aromatic nitrogens is 1. The van der Waals surface area contributed by atoms with Gasteiger partial charge in [0.15, 0.2) is 11.6 Å². The molecule has 0 aliphatic heterocycles. The summed E-state index contributed by atoms with van der Waals surface area (Å²) >= 11 is 11.8. The van der Waals surface area contributed by atoms with E-state index in [-0.39, 0.29) is 27.2 Å². The van der Waals surface area contributed by atoms with Gasteiger partial charge in [-0.1, -0.05) is 29.3 Å². The number of hydrogen-bond donors (Lipinski definition) is 2. The van der Waals surface area contributed by atoms with Gasteiger partial charge >= 0.3 is 12.2 Å². The quantitative estimate of drug-likeness (QED) is 0.423. The lowest BCUT2D eigenvalue weighted by molar-refractivity contribution is -0.137. The molecule has 1 heterocycles. The Kier molecular flexibility index (Phi) is 6.85. The van der Waals surface area contributed by atoms with E-state index in [1.807, 2.05) is 5.32 Å². The molecule has 0 saturated carbocycles. The Morgan fingerprint density at radius 2 is 1.69 bits per heavy atom. The lowest BCUT2D eigenvalue weighted by atomic mass is 10.2. The molecule has 0 aliphatic rings. The van der Waals surface area contributed by atoms with Gasteiger partial charge < -0.3 is 10.1 Å². The minimum atomic E-state index is -4.67. The summed E-state index contributed by atoms with van der Waals surface area (Å²) in [6.45, 7) is 0. The molecule has 0 spiro atoms. The van der Waals surface area contributed by atoms with Crippen LogP contribution in [0.3, 0.4) is 0 Å². The maximum atomic E-state index is 13.8. The molecule has 3 amide bonds. The van der Waals surface area contributed by atoms with Crippen molar-refractivity contribution in [1.29, 1.82) is 0 Å². The number of alkyl halides is 3. The van der Waals surface area contributed by atoms with Crippen LogP contribution in [0.1, 0.15) is 15.9 Å². The number of amides is 3. The zero-order chi connectivity index (χ0) is 23.5. The van der Waals surface area contributed by atoms with Gasteiger partial charge in [-0.05, 0) is 36.4 Å². The molecular weight excluding hydrogens is 477 g/mol. The number of nitrogens with zero attached hydrogens (tertiary/aromatic N) is 1. The Morgan fingerprint density at radius 3 is 2.28 bits per heavy atom. The predicted octanol–water partition coefficient (Wildman–Crippen LogP) is 6.30. The molecule has 1 aromatic heterocycles. The maximum Gasteiger partial charge on any atom is 0.416 e. The van der Waals surface area contributed by atoms with Crippen LogP contribution in [0.25, 0.3) is 0 Å². The SMILES string of the molecule is O=C(NC(=O)c1c(Cl)cccc1Cl)Nc1ccc(Oc2cc(C(F)(F)F)ccc2F)nc1. The lowest BCUT2D eigenvalue weighted by Crippen LogP contribution is -2.34. The standard InChI is InChI=1S/C20H11Cl2F4N3O3/c21-12-2-1-3-13(22)17(12)18(30)29-19(31)28-11-5-7-16(27-9-11)32-15-8-10(20(24,25)26)4-6-14(15)23/h1-9H,(H2,28,29,30,31). The second-order valence-corrected chi connectivity index (χ2v) is 6.95. The van der Waals surface area contributed by atoms with Crippen molar-refractivity contribution in [2.45, 2.75) is 6.18 Å². The van der Waals surface area contributed by atoms with Crippen molar-refractivity contribution in [1.82, 2.24) is 10.3 Å².